The Morgan fingerprint density at radius 1 is 1.24 bits per heavy atom. The summed E-state index contributed by atoms with van der Waals surface area (Å²) < 4.78 is 3.93. The van der Waals surface area contributed by atoms with Crippen molar-refractivity contribution in [3.8, 4) is 0 Å². The first-order chi connectivity index (χ1) is 11.9. The van der Waals surface area contributed by atoms with E-state index in [0.29, 0.717) is 22.7 Å². The number of imidazole rings is 1. The molecule has 3 heterocycles. The van der Waals surface area contributed by atoms with Crippen molar-refractivity contribution in [2.45, 2.75) is 6.54 Å². The summed E-state index contributed by atoms with van der Waals surface area (Å²) in [5.41, 5.74) is -0.0570. The predicted molar refractivity (Wildman–Crippen MR) is 91.8 cm³/mol. The van der Waals surface area contributed by atoms with Crippen molar-refractivity contribution in [3.05, 3.63) is 56.2 Å². The van der Waals surface area contributed by atoms with Crippen LogP contribution in [0, 0.1) is 0 Å². The van der Waals surface area contributed by atoms with E-state index in [1.807, 2.05) is 0 Å². The van der Waals surface area contributed by atoms with Crippen molar-refractivity contribution in [2.24, 2.45) is 14.1 Å². The molecular weight excluding hydrogens is 348 g/mol. The number of rotatable bonds is 4. The van der Waals surface area contributed by atoms with Gasteiger partial charge in [-0.25, -0.2) is 9.78 Å². The highest BCUT2D eigenvalue weighted by atomic mass is 35.5. The first-order valence-corrected chi connectivity index (χ1v) is 7.78. The minimum absolute atomic E-state index is 0.210. The Morgan fingerprint density at radius 2 is 2.00 bits per heavy atom. The van der Waals surface area contributed by atoms with Crippen molar-refractivity contribution in [1.82, 2.24) is 29.0 Å². The molecule has 10 heteroatoms. The second-order valence-electron chi connectivity index (χ2n) is 5.43. The average molecular weight is 363 g/mol. The summed E-state index contributed by atoms with van der Waals surface area (Å²) >= 11 is 5.83. The summed E-state index contributed by atoms with van der Waals surface area (Å²) in [6.45, 7) is 0.570. The first-order valence-electron chi connectivity index (χ1n) is 7.40. The van der Waals surface area contributed by atoms with E-state index in [9.17, 15) is 14.4 Å². The van der Waals surface area contributed by atoms with Gasteiger partial charge in [-0.3, -0.25) is 23.7 Å². The van der Waals surface area contributed by atoms with E-state index < -0.39 is 11.2 Å². The lowest BCUT2D eigenvalue weighted by Gasteiger charge is -2.08. The molecule has 0 aliphatic carbocycles. The molecule has 0 saturated carbocycles. The van der Waals surface area contributed by atoms with Crippen LogP contribution in [0.25, 0.3) is 11.2 Å². The topological polar surface area (TPSA) is 104 Å². The number of aromatic nitrogens is 5. The normalized spacial score (nSPS) is 11.0. The lowest BCUT2D eigenvalue weighted by molar-refractivity contribution is 0.0947. The standard InChI is InChI=1S/C15H15ClN6O3/c1-20-12-11(14(24)21(2)15(20)25)22(8-19-12)6-5-18-13(23)10-7-9(16)3-4-17-10/h3-4,7-8H,5-6H2,1-2H3,(H,18,23). The van der Waals surface area contributed by atoms with Gasteiger partial charge in [0.05, 0.1) is 6.33 Å². The molecular formula is C15H15ClN6O3. The van der Waals surface area contributed by atoms with Crippen LogP contribution in [0.5, 0.6) is 0 Å². The van der Waals surface area contributed by atoms with Crippen molar-refractivity contribution < 1.29 is 4.79 Å². The number of hydrogen-bond acceptors (Lipinski definition) is 5. The van der Waals surface area contributed by atoms with Crippen LogP contribution in [0.1, 0.15) is 10.5 Å². The van der Waals surface area contributed by atoms with Crippen LogP contribution in [-0.4, -0.2) is 36.1 Å². The fraction of sp³-hybridized carbons (Fsp3) is 0.267. The van der Waals surface area contributed by atoms with Gasteiger partial charge in [0, 0.05) is 38.4 Å². The largest absolute Gasteiger partial charge is 0.349 e. The molecule has 25 heavy (non-hydrogen) atoms. The van der Waals surface area contributed by atoms with Gasteiger partial charge in [-0.2, -0.15) is 0 Å². The number of pyridine rings is 1. The molecule has 0 aliphatic rings. The van der Waals surface area contributed by atoms with Crippen molar-refractivity contribution in [3.63, 3.8) is 0 Å². The fourth-order valence-electron chi connectivity index (χ4n) is 2.48. The molecule has 0 fully saturated rings. The van der Waals surface area contributed by atoms with Gasteiger partial charge < -0.3 is 9.88 Å². The number of nitrogens with one attached hydrogen (secondary N) is 1. The van der Waals surface area contributed by atoms with Crippen molar-refractivity contribution in [1.29, 1.82) is 0 Å². The van der Waals surface area contributed by atoms with E-state index in [2.05, 4.69) is 15.3 Å². The van der Waals surface area contributed by atoms with Gasteiger partial charge in [0.25, 0.3) is 11.5 Å². The molecule has 130 valence electrons. The van der Waals surface area contributed by atoms with E-state index in [1.165, 1.54) is 30.2 Å². The number of fused-ring (bicyclic) bond motifs is 1. The van der Waals surface area contributed by atoms with Crippen molar-refractivity contribution in [2.75, 3.05) is 6.54 Å². The quantitative estimate of drug-likeness (QED) is 0.698. The predicted octanol–water partition coefficient (Wildman–Crippen LogP) is -0.0879. The van der Waals surface area contributed by atoms with Gasteiger partial charge in [0.15, 0.2) is 11.2 Å². The summed E-state index contributed by atoms with van der Waals surface area (Å²) in [5, 5.41) is 3.12. The minimum atomic E-state index is -0.442. The van der Waals surface area contributed by atoms with Gasteiger partial charge in [0.2, 0.25) is 0 Å². The number of carbonyl (C=O) groups excluding carboxylic acids is 1. The van der Waals surface area contributed by atoms with E-state index in [4.69, 9.17) is 11.6 Å². The zero-order chi connectivity index (χ0) is 18.1. The molecule has 3 aromatic heterocycles. The monoisotopic (exact) mass is 362 g/mol. The Morgan fingerprint density at radius 3 is 2.72 bits per heavy atom. The molecule has 9 nitrogen and oxygen atoms in total. The zero-order valence-corrected chi connectivity index (χ0v) is 14.3. The van der Waals surface area contributed by atoms with Crippen molar-refractivity contribution >= 4 is 28.7 Å². The zero-order valence-electron chi connectivity index (χ0n) is 13.6. The maximum absolute atomic E-state index is 12.3. The third-order valence-corrected chi connectivity index (χ3v) is 4.05. The lowest BCUT2D eigenvalue weighted by atomic mass is 10.3. The number of carbonyl (C=O) groups is 1. The summed E-state index contributed by atoms with van der Waals surface area (Å²) in [6.07, 6.45) is 2.92. The Balaban J connectivity index is 1.80. The van der Waals surface area contributed by atoms with Gasteiger partial charge in [-0.05, 0) is 12.1 Å². The second kappa shape index (κ2) is 6.52. The summed E-state index contributed by atoms with van der Waals surface area (Å²) in [7, 11) is 2.96. The molecule has 0 aliphatic heterocycles. The third-order valence-electron chi connectivity index (χ3n) is 3.81. The van der Waals surface area contributed by atoms with Crippen LogP contribution >= 0.6 is 11.6 Å². The molecule has 0 saturated heterocycles. The summed E-state index contributed by atoms with van der Waals surface area (Å²) in [5.74, 6) is -0.368. The lowest BCUT2D eigenvalue weighted by Crippen LogP contribution is -2.38. The van der Waals surface area contributed by atoms with Gasteiger partial charge >= 0.3 is 5.69 Å². The SMILES string of the molecule is Cn1c(=O)c2c(ncn2CCNC(=O)c2cc(Cl)ccn2)n(C)c1=O. The maximum Gasteiger partial charge on any atom is 0.332 e. The molecule has 3 rings (SSSR count). The average Bonchev–Trinajstić information content (AvgIpc) is 3.02. The number of nitrogens with zero attached hydrogens (tertiary/aromatic N) is 5. The van der Waals surface area contributed by atoms with Gasteiger partial charge in [-0.1, -0.05) is 11.6 Å². The highest BCUT2D eigenvalue weighted by Crippen LogP contribution is 2.08. The smallest absolute Gasteiger partial charge is 0.332 e. The Kier molecular flexibility index (Phi) is 4.41. The Bertz CT molecular complexity index is 1080. The molecule has 0 unspecified atom stereocenters. The number of amides is 1. The first kappa shape index (κ1) is 16.9. The van der Waals surface area contributed by atoms with Crippen LogP contribution < -0.4 is 16.6 Å². The number of aryl methyl sites for hydroxylation is 1. The van der Waals surface area contributed by atoms with E-state index in [-0.39, 0.29) is 18.1 Å². The minimum Gasteiger partial charge on any atom is -0.349 e. The van der Waals surface area contributed by atoms with Crippen LogP contribution in [0.15, 0.2) is 34.2 Å². The van der Waals surface area contributed by atoms with E-state index in [1.54, 1.807) is 17.7 Å². The third kappa shape index (κ3) is 3.05. The van der Waals surface area contributed by atoms with Crippen LogP contribution in [0.4, 0.5) is 0 Å². The van der Waals surface area contributed by atoms with Crippen LogP contribution in [-0.2, 0) is 20.6 Å². The molecule has 0 bridgehead atoms. The Labute approximate surface area is 146 Å². The highest BCUT2D eigenvalue weighted by Gasteiger charge is 2.14. The van der Waals surface area contributed by atoms with Crippen LogP contribution in [0.3, 0.4) is 0 Å². The number of halogens is 1. The molecule has 0 radical (unpaired) electrons. The molecule has 3 aromatic rings. The molecule has 1 amide bonds. The van der Waals surface area contributed by atoms with Crippen LogP contribution in [0.2, 0.25) is 5.02 Å². The van der Waals surface area contributed by atoms with E-state index >= 15 is 0 Å². The van der Waals surface area contributed by atoms with Gasteiger partial charge in [-0.15, -0.1) is 0 Å². The second-order valence-corrected chi connectivity index (χ2v) is 5.87. The number of hydrogen-bond donors (Lipinski definition) is 1. The summed E-state index contributed by atoms with van der Waals surface area (Å²) in [4.78, 5) is 44.3. The Hall–Kier alpha value is -2.94. The molecule has 1 N–H and O–H groups in total. The maximum atomic E-state index is 12.3. The highest BCUT2D eigenvalue weighted by molar-refractivity contribution is 6.30. The van der Waals surface area contributed by atoms with E-state index in [0.717, 1.165) is 4.57 Å². The molecule has 0 spiro atoms. The summed E-state index contributed by atoms with van der Waals surface area (Å²) in [6, 6.07) is 3.05. The molecule has 0 aromatic carbocycles. The molecule has 0 atom stereocenters. The fourth-order valence-corrected chi connectivity index (χ4v) is 2.64. The van der Waals surface area contributed by atoms with Gasteiger partial charge in [0.1, 0.15) is 5.69 Å².